The molecule has 3 unspecified atom stereocenters. The normalized spacial score (nSPS) is 21.4. The Kier molecular flexibility index (Phi) is 5.43. The molecule has 0 amide bonds. The van der Waals surface area contributed by atoms with Crippen LogP contribution in [0.1, 0.15) is 31.3 Å². The summed E-state index contributed by atoms with van der Waals surface area (Å²) in [7, 11) is 0. The Bertz CT molecular complexity index is 1440. The second-order valence-electron chi connectivity index (χ2n) is 9.76. The molecule has 186 valence electrons. The molecule has 0 bridgehead atoms. The quantitative estimate of drug-likeness (QED) is 0.395. The standard InChI is InChI=1S/C25H27F2N9/c1-13(2)36-14(3)32-23-18(26)4-16(5-20(23)36)17-6-22(29-9-19(17)27)33-25-30-7-15(8-31-25)10-34-11-21-24(28)35(21)12-34/h4-9,13,21,24H,10-12,28H2,1-3H3,(H,29,30,31,33). The summed E-state index contributed by atoms with van der Waals surface area (Å²) in [5, 5.41) is 3.02. The van der Waals surface area contributed by atoms with Crippen LogP contribution in [0.5, 0.6) is 0 Å². The molecule has 0 aliphatic carbocycles. The average Bonchev–Trinajstić information content (AvgIpc) is 3.15. The van der Waals surface area contributed by atoms with Crippen molar-refractivity contribution < 1.29 is 8.78 Å². The van der Waals surface area contributed by atoms with Gasteiger partial charge in [-0.15, -0.1) is 0 Å². The van der Waals surface area contributed by atoms with Crippen LogP contribution in [0.4, 0.5) is 20.5 Å². The van der Waals surface area contributed by atoms with Crippen molar-refractivity contribution in [1.29, 1.82) is 0 Å². The van der Waals surface area contributed by atoms with Crippen molar-refractivity contribution >= 4 is 22.8 Å². The number of aryl methyl sites for hydroxylation is 1. The number of aromatic nitrogens is 5. The van der Waals surface area contributed by atoms with Gasteiger partial charge in [0, 0.05) is 42.7 Å². The highest BCUT2D eigenvalue weighted by Crippen LogP contribution is 2.33. The van der Waals surface area contributed by atoms with Crippen molar-refractivity contribution in [2.45, 2.75) is 45.6 Å². The Morgan fingerprint density at radius 3 is 2.56 bits per heavy atom. The van der Waals surface area contributed by atoms with Crippen molar-refractivity contribution in [3.05, 3.63) is 59.8 Å². The predicted molar refractivity (Wildman–Crippen MR) is 132 cm³/mol. The smallest absolute Gasteiger partial charge is 0.228 e. The van der Waals surface area contributed by atoms with Gasteiger partial charge in [0.1, 0.15) is 23.0 Å². The molecule has 5 heterocycles. The van der Waals surface area contributed by atoms with Crippen LogP contribution in [-0.4, -0.2) is 59.7 Å². The monoisotopic (exact) mass is 491 g/mol. The third-order valence-corrected chi connectivity index (χ3v) is 6.88. The largest absolute Gasteiger partial charge is 0.326 e. The summed E-state index contributed by atoms with van der Waals surface area (Å²) in [5.41, 5.74) is 8.46. The third-order valence-electron chi connectivity index (χ3n) is 6.88. The van der Waals surface area contributed by atoms with Crippen molar-refractivity contribution in [1.82, 2.24) is 34.3 Å². The zero-order chi connectivity index (χ0) is 25.1. The first-order valence-corrected chi connectivity index (χ1v) is 11.9. The molecule has 11 heteroatoms. The van der Waals surface area contributed by atoms with E-state index in [1.807, 2.05) is 25.3 Å². The van der Waals surface area contributed by atoms with Gasteiger partial charge in [-0.2, -0.15) is 0 Å². The summed E-state index contributed by atoms with van der Waals surface area (Å²) < 4.78 is 31.7. The molecule has 2 aliphatic rings. The summed E-state index contributed by atoms with van der Waals surface area (Å²) in [6, 6.07) is 5.14. The number of nitrogens with zero attached hydrogens (tertiary/aromatic N) is 7. The molecule has 6 rings (SSSR count). The van der Waals surface area contributed by atoms with Crippen LogP contribution in [0.3, 0.4) is 0 Å². The van der Waals surface area contributed by atoms with Crippen LogP contribution in [0.25, 0.3) is 22.2 Å². The number of hydrogen-bond acceptors (Lipinski definition) is 8. The maximum atomic E-state index is 14.9. The van der Waals surface area contributed by atoms with E-state index in [1.54, 1.807) is 18.5 Å². The second-order valence-corrected chi connectivity index (χ2v) is 9.76. The summed E-state index contributed by atoms with van der Waals surface area (Å²) in [5.74, 6) is 0.353. The fourth-order valence-electron chi connectivity index (χ4n) is 5.11. The van der Waals surface area contributed by atoms with Crippen molar-refractivity contribution in [2.75, 3.05) is 18.5 Å². The van der Waals surface area contributed by atoms with Crippen LogP contribution >= 0.6 is 0 Å². The van der Waals surface area contributed by atoms with Gasteiger partial charge in [0.25, 0.3) is 0 Å². The summed E-state index contributed by atoms with van der Waals surface area (Å²) in [6.45, 7) is 8.39. The van der Waals surface area contributed by atoms with E-state index in [4.69, 9.17) is 5.73 Å². The van der Waals surface area contributed by atoms with Crippen molar-refractivity contribution in [2.24, 2.45) is 5.73 Å². The van der Waals surface area contributed by atoms with E-state index >= 15 is 0 Å². The molecule has 1 aromatic carbocycles. The van der Waals surface area contributed by atoms with E-state index in [9.17, 15) is 8.78 Å². The number of nitrogens with two attached hydrogens (primary N) is 1. The van der Waals surface area contributed by atoms with Gasteiger partial charge in [-0.05, 0) is 44.5 Å². The average molecular weight is 492 g/mol. The molecule has 3 atom stereocenters. The zero-order valence-corrected chi connectivity index (χ0v) is 20.3. The number of nitrogens with one attached hydrogen (secondary N) is 1. The lowest BCUT2D eigenvalue weighted by Gasteiger charge is -2.17. The van der Waals surface area contributed by atoms with Gasteiger partial charge in [-0.3, -0.25) is 9.80 Å². The Morgan fingerprint density at radius 2 is 1.86 bits per heavy atom. The number of halogens is 2. The lowest BCUT2D eigenvalue weighted by atomic mass is 10.0. The molecule has 4 aromatic rings. The summed E-state index contributed by atoms with van der Waals surface area (Å²) in [6.07, 6.45) is 4.84. The maximum Gasteiger partial charge on any atom is 0.228 e. The lowest BCUT2D eigenvalue weighted by Crippen LogP contribution is -2.30. The molecular formula is C25H27F2N9. The van der Waals surface area contributed by atoms with Crippen LogP contribution in [0.2, 0.25) is 0 Å². The van der Waals surface area contributed by atoms with E-state index in [1.165, 1.54) is 12.1 Å². The molecule has 0 saturated carbocycles. The van der Waals surface area contributed by atoms with Crippen LogP contribution in [-0.2, 0) is 6.54 Å². The Morgan fingerprint density at radius 1 is 1.08 bits per heavy atom. The molecule has 0 radical (unpaired) electrons. The molecule has 3 aromatic heterocycles. The zero-order valence-electron chi connectivity index (χ0n) is 20.3. The SMILES string of the molecule is Cc1nc2c(F)cc(-c3cc(Nc4ncc(CN5CC6C(N)N6C5)cn4)ncc3F)cc2n1C(C)C. The molecule has 36 heavy (non-hydrogen) atoms. The molecular weight excluding hydrogens is 464 g/mol. The Balaban J connectivity index is 1.23. The van der Waals surface area contributed by atoms with E-state index in [0.29, 0.717) is 34.7 Å². The van der Waals surface area contributed by atoms with Gasteiger partial charge in [0.2, 0.25) is 5.95 Å². The number of benzene rings is 1. The number of rotatable bonds is 6. The first-order chi connectivity index (χ1) is 17.3. The number of hydrogen-bond donors (Lipinski definition) is 2. The second kappa shape index (κ2) is 8.54. The highest BCUT2D eigenvalue weighted by molar-refractivity contribution is 5.84. The topological polar surface area (TPSA) is 101 Å². The Hall–Kier alpha value is -3.54. The molecule has 0 spiro atoms. The highest BCUT2D eigenvalue weighted by atomic mass is 19.1. The fourth-order valence-corrected chi connectivity index (χ4v) is 5.11. The first kappa shape index (κ1) is 22.9. The number of fused-ring (bicyclic) bond motifs is 2. The van der Waals surface area contributed by atoms with E-state index in [2.05, 4.69) is 35.1 Å². The van der Waals surface area contributed by atoms with Crippen molar-refractivity contribution in [3.8, 4) is 11.1 Å². The third kappa shape index (κ3) is 3.98. The van der Waals surface area contributed by atoms with Gasteiger partial charge in [-0.25, -0.2) is 28.7 Å². The van der Waals surface area contributed by atoms with Crippen molar-refractivity contribution in [3.63, 3.8) is 0 Å². The van der Waals surface area contributed by atoms with Crippen LogP contribution in [0.15, 0.2) is 36.8 Å². The van der Waals surface area contributed by atoms with Gasteiger partial charge in [-0.1, -0.05) is 0 Å². The molecule has 9 nitrogen and oxygen atoms in total. The molecule has 2 saturated heterocycles. The summed E-state index contributed by atoms with van der Waals surface area (Å²) in [4.78, 5) is 21.8. The van der Waals surface area contributed by atoms with Gasteiger partial charge in [0.15, 0.2) is 5.82 Å². The van der Waals surface area contributed by atoms with Gasteiger partial charge in [0.05, 0.1) is 30.6 Å². The van der Waals surface area contributed by atoms with E-state index in [-0.39, 0.29) is 23.3 Å². The van der Waals surface area contributed by atoms with E-state index in [0.717, 1.165) is 31.5 Å². The fraction of sp³-hybridized carbons (Fsp3) is 0.360. The highest BCUT2D eigenvalue weighted by Gasteiger charge is 2.50. The number of pyridine rings is 1. The van der Waals surface area contributed by atoms with Gasteiger partial charge < -0.3 is 15.6 Å². The molecule has 3 N–H and O–H groups in total. The lowest BCUT2D eigenvalue weighted by molar-refractivity contribution is 0.257. The Labute approximate surface area is 207 Å². The van der Waals surface area contributed by atoms with Crippen LogP contribution in [0, 0.1) is 18.6 Å². The maximum absolute atomic E-state index is 14.9. The van der Waals surface area contributed by atoms with Crippen LogP contribution < -0.4 is 11.1 Å². The first-order valence-electron chi connectivity index (χ1n) is 11.9. The minimum absolute atomic E-state index is 0.0792. The number of anilines is 2. The summed E-state index contributed by atoms with van der Waals surface area (Å²) >= 11 is 0. The predicted octanol–water partition coefficient (Wildman–Crippen LogP) is 3.54. The minimum Gasteiger partial charge on any atom is -0.326 e. The molecule has 2 fully saturated rings. The molecule has 2 aliphatic heterocycles. The number of imidazole rings is 1. The van der Waals surface area contributed by atoms with Gasteiger partial charge >= 0.3 is 0 Å². The van der Waals surface area contributed by atoms with E-state index < -0.39 is 11.6 Å². The minimum atomic E-state index is -0.554.